The summed E-state index contributed by atoms with van der Waals surface area (Å²) in [5, 5.41) is 3.26. The second-order valence-corrected chi connectivity index (χ2v) is 5.10. The molecule has 15 heavy (non-hydrogen) atoms. The van der Waals surface area contributed by atoms with E-state index in [1.54, 1.807) is 0 Å². The minimum atomic E-state index is 0. The first-order valence-electron chi connectivity index (χ1n) is 5.63. The highest BCUT2D eigenvalue weighted by Gasteiger charge is 2.38. The summed E-state index contributed by atoms with van der Waals surface area (Å²) in [7, 11) is 0. The molecule has 1 amide bonds. The highest BCUT2D eigenvalue weighted by molar-refractivity contribution is 5.85. The molecule has 0 saturated carbocycles. The predicted molar refractivity (Wildman–Crippen MR) is 63.3 cm³/mol. The van der Waals surface area contributed by atoms with E-state index in [4.69, 9.17) is 0 Å². The Labute approximate surface area is 98.0 Å². The Bertz CT molecular complexity index is 237. The number of nitrogens with zero attached hydrogens (tertiary/aromatic N) is 1. The molecule has 2 fully saturated rings. The van der Waals surface area contributed by atoms with Gasteiger partial charge in [-0.2, -0.15) is 0 Å². The summed E-state index contributed by atoms with van der Waals surface area (Å²) in [5.74, 6) is 0.616. The van der Waals surface area contributed by atoms with Gasteiger partial charge < -0.3 is 10.2 Å². The fourth-order valence-electron chi connectivity index (χ4n) is 2.60. The molecular formula is C11H21ClN2O. The highest BCUT2D eigenvalue weighted by atomic mass is 35.5. The fraction of sp³-hybridized carbons (Fsp3) is 0.909. The van der Waals surface area contributed by atoms with Crippen molar-refractivity contribution in [3.8, 4) is 0 Å². The van der Waals surface area contributed by atoms with Crippen LogP contribution < -0.4 is 5.32 Å². The van der Waals surface area contributed by atoms with Gasteiger partial charge in [0.05, 0.1) is 5.92 Å². The lowest BCUT2D eigenvalue weighted by Gasteiger charge is -2.33. The van der Waals surface area contributed by atoms with E-state index < -0.39 is 0 Å². The third kappa shape index (κ3) is 2.45. The SMILES string of the molecule is CC1(C)CCCN1C(=O)[C@H]1CCNC1.Cl. The third-order valence-electron chi connectivity index (χ3n) is 3.58. The number of likely N-dealkylation sites (tertiary alicyclic amines) is 1. The zero-order valence-electron chi connectivity index (χ0n) is 9.58. The molecule has 0 aliphatic carbocycles. The van der Waals surface area contributed by atoms with E-state index in [2.05, 4.69) is 24.1 Å². The lowest BCUT2D eigenvalue weighted by molar-refractivity contribution is -0.138. The standard InChI is InChI=1S/C11H20N2O.ClH/c1-11(2)5-3-7-13(11)10(14)9-4-6-12-8-9;/h9,12H,3-8H2,1-2H3;1H/t9-;/m0./s1. The van der Waals surface area contributed by atoms with Crippen molar-refractivity contribution in [2.75, 3.05) is 19.6 Å². The summed E-state index contributed by atoms with van der Waals surface area (Å²) in [6.45, 7) is 7.21. The largest absolute Gasteiger partial charge is 0.337 e. The van der Waals surface area contributed by atoms with E-state index in [1.807, 2.05) is 0 Å². The minimum absolute atomic E-state index is 0. The molecule has 0 aromatic rings. The van der Waals surface area contributed by atoms with E-state index in [1.165, 1.54) is 6.42 Å². The molecule has 88 valence electrons. The third-order valence-corrected chi connectivity index (χ3v) is 3.58. The quantitative estimate of drug-likeness (QED) is 0.742. The van der Waals surface area contributed by atoms with Crippen LogP contribution in [0.15, 0.2) is 0 Å². The van der Waals surface area contributed by atoms with E-state index in [0.717, 1.165) is 32.5 Å². The number of hydrogen-bond donors (Lipinski definition) is 1. The van der Waals surface area contributed by atoms with Gasteiger partial charge in [-0.05, 0) is 39.7 Å². The average Bonchev–Trinajstić information content (AvgIpc) is 2.71. The maximum absolute atomic E-state index is 12.1. The molecule has 4 heteroatoms. The Morgan fingerprint density at radius 2 is 2.20 bits per heavy atom. The van der Waals surface area contributed by atoms with Crippen molar-refractivity contribution in [1.82, 2.24) is 10.2 Å². The van der Waals surface area contributed by atoms with Gasteiger partial charge in [0.25, 0.3) is 0 Å². The summed E-state index contributed by atoms with van der Waals surface area (Å²) < 4.78 is 0. The van der Waals surface area contributed by atoms with Gasteiger partial charge in [-0.25, -0.2) is 0 Å². The molecule has 0 unspecified atom stereocenters. The molecule has 3 nitrogen and oxygen atoms in total. The molecule has 0 aromatic carbocycles. The van der Waals surface area contributed by atoms with Gasteiger partial charge in [-0.3, -0.25) is 4.79 Å². The molecule has 0 radical (unpaired) electrons. The molecule has 0 aromatic heterocycles. The predicted octanol–water partition coefficient (Wildman–Crippen LogP) is 1.42. The number of hydrogen-bond acceptors (Lipinski definition) is 2. The van der Waals surface area contributed by atoms with Crippen molar-refractivity contribution >= 4 is 18.3 Å². The van der Waals surface area contributed by atoms with Gasteiger partial charge in [0.15, 0.2) is 0 Å². The first-order chi connectivity index (χ1) is 6.61. The molecule has 2 rings (SSSR count). The number of halogens is 1. The number of rotatable bonds is 1. The summed E-state index contributed by atoms with van der Waals surface area (Å²) in [5.41, 5.74) is 0.0969. The van der Waals surface area contributed by atoms with Crippen molar-refractivity contribution in [3.63, 3.8) is 0 Å². The van der Waals surface area contributed by atoms with Crippen LogP contribution in [-0.4, -0.2) is 36.0 Å². The van der Waals surface area contributed by atoms with Gasteiger partial charge in [0, 0.05) is 18.6 Å². The average molecular weight is 233 g/mol. The number of nitrogens with one attached hydrogen (secondary N) is 1. The molecular weight excluding hydrogens is 212 g/mol. The monoisotopic (exact) mass is 232 g/mol. The van der Waals surface area contributed by atoms with Gasteiger partial charge in [0.2, 0.25) is 5.91 Å². The molecule has 0 bridgehead atoms. The zero-order valence-corrected chi connectivity index (χ0v) is 10.4. The lowest BCUT2D eigenvalue weighted by Crippen LogP contribution is -2.46. The number of carbonyl (C=O) groups excluding carboxylic acids is 1. The van der Waals surface area contributed by atoms with E-state index >= 15 is 0 Å². The van der Waals surface area contributed by atoms with Crippen LogP contribution in [0.5, 0.6) is 0 Å². The first-order valence-corrected chi connectivity index (χ1v) is 5.63. The van der Waals surface area contributed by atoms with Crippen LogP contribution in [-0.2, 0) is 4.79 Å². The Balaban J connectivity index is 0.00000112. The van der Waals surface area contributed by atoms with Crippen molar-refractivity contribution in [2.45, 2.75) is 38.6 Å². The van der Waals surface area contributed by atoms with Gasteiger partial charge in [-0.15, -0.1) is 12.4 Å². The van der Waals surface area contributed by atoms with Crippen LogP contribution in [0.25, 0.3) is 0 Å². The van der Waals surface area contributed by atoms with Crippen molar-refractivity contribution < 1.29 is 4.79 Å². The highest BCUT2D eigenvalue weighted by Crippen LogP contribution is 2.30. The van der Waals surface area contributed by atoms with Crippen LogP contribution in [0.4, 0.5) is 0 Å². The van der Waals surface area contributed by atoms with Crippen LogP contribution in [0.3, 0.4) is 0 Å². The molecule has 1 N–H and O–H groups in total. The smallest absolute Gasteiger partial charge is 0.227 e. The van der Waals surface area contributed by atoms with Gasteiger partial charge >= 0.3 is 0 Å². The molecule has 2 aliphatic rings. The number of carbonyl (C=O) groups is 1. The van der Waals surface area contributed by atoms with Crippen molar-refractivity contribution in [2.24, 2.45) is 5.92 Å². The summed E-state index contributed by atoms with van der Waals surface area (Å²) in [4.78, 5) is 14.2. The Kier molecular flexibility index (Phi) is 4.01. The molecule has 1 atom stereocenters. The summed E-state index contributed by atoms with van der Waals surface area (Å²) in [6, 6.07) is 0. The van der Waals surface area contributed by atoms with E-state index in [9.17, 15) is 4.79 Å². The van der Waals surface area contributed by atoms with Crippen LogP contribution in [0.1, 0.15) is 33.1 Å². The zero-order chi connectivity index (χ0) is 10.2. The Hall–Kier alpha value is -0.280. The maximum Gasteiger partial charge on any atom is 0.227 e. The fourth-order valence-corrected chi connectivity index (χ4v) is 2.60. The molecule has 2 heterocycles. The van der Waals surface area contributed by atoms with Crippen LogP contribution >= 0.6 is 12.4 Å². The first kappa shape index (κ1) is 12.8. The summed E-state index contributed by atoms with van der Waals surface area (Å²) in [6.07, 6.45) is 3.34. The van der Waals surface area contributed by atoms with Gasteiger partial charge in [-0.1, -0.05) is 0 Å². The van der Waals surface area contributed by atoms with Crippen molar-refractivity contribution in [3.05, 3.63) is 0 Å². The van der Waals surface area contributed by atoms with Gasteiger partial charge in [0.1, 0.15) is 0 Å². The van der Waals surface area contributed by atoms with E-state index in [-0.39, 0.29) is 23.9 Å². The molecule has 2 aliphatic heterocycles. The van der Waals surface area contributed by atoms with Crippen LogP contribution in [0.2, 0.25) is 0 Å². The lowest BCUT2D eigenvalue weighted by atomic mass is 9.99. The minimum Gasteiger partial charge on any atom is -0.337 e. The van der Waals surface area contributed by atoms with E-state index in [0.29, 0.717) is 5.91 Å². The second kappa shape index (κ2) is 4.71. The number of amides is 1. The summed E-state index contributed by atoms with van der Waals surface area (Å²) >= 11 is 0. The van der Waals surface area contributed by atoms with Crippen LogP contribution in [0, 0.1) is 5.92 Å². The maximum atomic E-state index is 12.1. The second-order valence-electron chi connectivity index (χ2n) is 5.10. The molecule has 2 saturated heterocycles. The Morgan fingerprint density at radius 3 is 2.67 bits per heavy atom. The topological polar surface area (TPSA) is 32.3 Å². The normalized spacial score (nSPS) is 28.9. The van der Waals surface area contributed by atoms with Crippen molar-refractivity contribution in [1.29, 1.82) is 0 Å². The Morgan fingerprint density at radius 1 is 1.47 bits per heavy atom. The molecule has 0 spiro atoms.